The van der Waals surface area contributed by atoms with E-state index in [2.05, 4.69) is 12.2 Å². The van der Waals surface area contributed by atoms with E-state index in [1.165, 1.54) is 0 Å². The lowest BCUT2D eigenvalue weighted by Gasteiger charge is -2.28. The van der Waals surface area contributed by atoms with E-state index < -0.39 is 8.80 Å². The number of hydrogen-bond donors (Lipinski definition) is 1. The average molecular weight is 249 g/mol. The first-order valence-electron chi connectivity index (χ1n) is 6.37. The molecule has 5 heteroatoms. The van der Waals surface area contributed by atoms with Crippen LogP contribution in [0.25, 0.3) is 0 Å². The molecule has 0 aliphatic heterocycles. The Labute approximate surface area is 101 Å². The van der Waals surface area contributed by atoms with Crippen molar-refractivity contribution in [1.29, 1.82) is 0 Å². The minimum atomic E-state index is -2.39. The molecule has 0 aromatic carbocycles. The fourth-order valence-corrected chi connectivity index (χ4v) is 4.22. The Hall–Kier alpha value is 0.0569. The van der Waals surface area contributed by atoms with Gasteiger partial charge in [0, 0.05) is 25.9 Å². The first-order chi connectivity index (χ1) is 7.74. The highest BCUT2D eigenvalue weighted by atomic mass is 28.4. The van der Waals surface area contributed by atoms with Crippen molar-refractivity contribution in [2.75, 3.05) is 32.9 Å². The van der Waals surface area contributed by atoms with Crippen LogP contribution in [0.15, 0.2) is 0 Å². The van der Waals surface area contributed by atoms with Gasteiger partial charge in [-0.3, -0.25) is 0 Å². The summed E-state index contributed by atoms with van der Waals surface area (Å²) in [6.45, 7) is 12.1. The zero-order valence-electron chi connectivity index (χ0n) is 11.2. The summed E-state index contributed by atoms with van der Waals surface area (Å²) < 4.78 is 17.3. The van der Waals surface area contributed by atoms with Crippen molar-refractivity contribution < 1.29 is 13.3 Å². The number of hydrogen-bond acceptors (Lipinski definition) is 4. The highest BCUT2D eigenvalue weighted by molar-refractivity contribution is 6.60. The molecule has 0 aromatic rings. The normalized spacial score (nSPS) is 12.0. The highest BCUT2D eigenvalue weighted by Gasteiger charge is 2.39. The fraction of sp³-hybridized carbons (Fsp3) is 1.00. The quantitative estimate of drug-likeness (QED) is 0.449. The van der Waals surface area contributed by atoms with Gasteiger partial charge in [-0.15, -0.1) is 0 Å². The molecule has 1 N–H and O–H groups in total. The molecular formula is C11H27NO3Si. The second-order valence-electron chi connectivity index (χ2n) is 3.44. The lowest BCUT2D eigenvalue weighted by molar-refractivity contribution is 0.0708. The molecule has 0 atom stereocenters. The first kappa shape index (κ1) is 16.1. The summed E-state index contributed by atoms with van der Waals surface area (Å²) in [7, 11) is -2.39. The average Bonchev–Trinajstić information content (AvgIpc) is 2.26. The monoisotopic (exact) mass is 249 g/mol. The third-order valence-corrected chi connectivity index (χ3v) is 5.33. The van der Waals surface area contributed by atoms with Gasteiger partial charge >= 0.3 is 8.80 Å². The van der Waals surface area contributed by atoms with Crippen LogP contribution >= 0.6 is 0 Å². The molecule has 0 bridgehead atoms. The van der Waals surface area contributed by atoms with E-state index in [4.69, 9.17) is 13.3 Å². The summed E-state index contributed by atoms with van der Waals surface area (Å²) in [4.78, 5) is 0. The third kappa shape index (κ3) is 6.60. The van der Waals surface area contributed by atoms with E-state index in [1.807, 2.05) is 20.8 Å². The number of nitrogens with one attached hydrogen (secondary N) is 1. The second-order valence-corrected chi connectivity index (χ2v) is 6.17. The van der Waals surface area contributed by atoms with Crippen LogP contribution < -0.4 is 5.32 Å². The molecule has 0 unspecified atom stereocenters. The predicted molar refractivity (Wildman–Crippen MR) is 68.6 cm³/mol. The summed E-state index contributed by atoms with van der Waals surface area (Å²) in [6, 6.07) is 0.898. The van der Waals surface area contributed by atoms with Crippen molar-refractivity contribution in [2.24, 2.45) is 0 Å². The van der Waals surface area contributed by atoms with Gasteiger partial charge in [-0.2, -0.15) is 0 Å². The maximum absolute atomic E-state index is 5.76. The fourth-order valence-electron chi connectivity index (χ4n) is 1.61. The Morgan fingerprint density at radius 2 is 1.38 bits per heavy atom. The van der Waals surface area contributed by atoms with E-state index in [0.29, 0.717) is 19.8 Å². The SMILES string of the molecule is CCNCCC[Si](OCC)(OCC)OCC. The van der Waals surface area contributed by atoms with Crippen LogP contribution in [0.3, 0.4) is 0 Å². The van der Waals surface area contributed by atoms with Crippen molar-refractivity contribution in [2.45, 2.75) is 40.2 Å². The molecule has 0 fully saturated rings. The molecular weight excluding hydrogens is 222 g/mol. The van der Waals surface area contributed by atoms with Gasteiger partial charge in [-0.05, 0) is 40.3 Å². The molecule has 0 saturated heterocycles. The lowest BCUT2D eigenvalue weighted by atomic mass is 10.5. The van der Waals surface area contributed by atoms with Gasteiger partial charge < -0.3 is 18.6 Å². The molecule has 0 spiro atoms. The topological polar surface area (TPSA) is 39.7 Å². The maximum atomic E-state index is 5.76. The smallest absolute Gasteiger partial charge is 0.374 e. The lowest BCUT2D eigenvalue weighted by Crippen LogP contribution is -2.46. The Kier molecular flexibility index (Phi) is 10.3. The zero-order chi connectivity index (χ0) is 12.3. The van der Waals surface area contributed by atoms with E-state index in [-0.39, 0.29) is 0 Å². The Morgan fingerprint density at radius 1 is 0.875 bits per heavy atom. The molecule has 0 amide bonds. The van der Waals surface area contributed by atoms with Crippen LogP contribution in [0, 0.1) is 0 Å². The summed E-state index contributed by atoms with van der Waals surface area (Å²) in [5.41, 5.74) is 0. The molecule has 0 radical (unpaired) electrons. The molecule has 0 aliphatic carbocycles. The van der Waals surface area contributed by atoms with Crippen LogP contribution in [0.5, 0.6) is 0 Å². The van der Waals surface area contributed by atoms with Crippen molar-refractivity contribution in [3.8, 4) is 0 Å². The van der Waals surface area contributed by atoms with E-state index >= 15 is 0 Å². The first-order valence-corrected chi connectivity index (χ1v) is 8.30. The van der Waals surface area contributed by atoms with Gasteiger partial charge in [0.25, 0.3) is 0 Å². The van der Waals surface area contributed by atoms with Gasteiger partial charge in [-0.25, -0.2) is 0 Å². The largest absolute Gasteiger partial charge is 0.500 e. The van der Waals surface area contributed by atoms with Crippen molar-refractivity contribution in [3.05, 3.63) is 0 Å². The zero-order valence-corrected chi connectivity index (χ0v) is 12.2. The Bertz CT molecular complexity index is 141. The molecule has 0 aromatic heterocycles. The van der Waals surface area contributed by atoms with Gasteiger partial charge in [-0.1, -0.05) is 6.92 Å². The van der Waals surface area contributed by atoms with Gasteiger partial charge in [0.15, 0.2) is 0 Å². The van der Waals surface area contributed by atoms with Gasteiger partial charge in [0.2, 0.25) is 0 Å². The Balaban J connectivity index is 4.12. The summed E-state index contributed by atoms with van der Waals surface area (Å²) in [5.74, 6) is 0. The highest BCUT2D eigenvalue weighted by Crippen LogP contribution is 2.17. The summed E-state index contributed by atoms with van der Waals surface area (Å²) >= 11 is 0. The molecule has 98 valence electrons. The third-order valence-electron chi connectivity index (χ3n) is 2.18. The Morgan fingerprint density at radius 3 is 1.75 bits per heavy atom. The molecule has 0 heterocycles. The van der Waals surface area contributed by atoms with Gasteiger partial charge in [0.1, 0.15) is 0 Å². The van der Waals surface area contributed by atoms with E-state index in [9.17, 15) is 0 Å². The number of rotatable bonds is 11. The van der Waals surface area contributed by atoms with Crippen molar-refractivity contribution in [3.63, 3.8) is 0 Å². The van der Waals surface area contributed by atoms with Crippen LogP contribution in [0.4, 0.5) is 0 Å². The van der Waals surface area contributed by atoms with Crippen molar-refractivity contribution >= 4 is 8.80 Å². The van der Waals surface area contributed by atoms with Crippen molar-refractivity contribution in [1.82, 2.24) is 5.32 Å². The van der Waals surface area contributed by atoms with Crippen LogP contribution in [-0.2, 0) is 13.3 Å². The molecule has 0 rings (SSSR count). The maximum Gasteiger partial charge on any atom is 0.500 e. The predicted octanol–water partition coefficient (Wildman–Crippen LogP) is 2.03. The minimum Gasteiger partial charge on any atom is -0.374 e. The summed E-state index contributed by atoms with van der Waals surface area (Å²) in [5, 5.41) is 3.30. The molecule has 0 aliphatic rings. The second kappa shape index (κ2) is 10.2. The summed E-state index contributed by atoms with van der Waals surface area (Å²) in [6.07, 6.45) is 1.04. The molecule has 4 nitrogen and oxygen atoms in total. The standard InChI is InChI=1S/C11H27NO3Si/c1-5-12-10-9-11-16(13-6-2,14-7-3)15-8-4/h12H,5-11H2,1-4H3. The minimum absolute atomic E-state index is 0.660. The van der Waals surface area contributed by atoms with Gasteiger partial charge in [0.05, 0.1) is 0 Å². The van der Waals surface area contributed by atoms with Crippen LogP contribution in [-0.4, -0.2) is 41.7 Å². The molecule has 0 saturated carbocycles. The van der Waals surface area contributed by atoms with Crippen LogP contribution in [0.2, 0.25) is 6.04 Å². The van der Waals surface area contributed by atoms with Crippen LogP contribution in [0.1, 0.15) is 34.1 Å². The molecule has 16 heavy (non-hydrogen) atoms. The van der Waals surface area contributed by atoms with E-state index in [0.717, 1.165) is 25.6 Å². The van der Waals surface area contributed by atoms with E-state index in [1.54, 1.807) is 0 Å².